The van der Waals surface area contributed by atoms with E-state index in [9.17, 15) is 9.59 Å². The molecule has 0 radical (unpaired) electrons. The highest BCUT2D eigenvalue weighted by molar-refractivity contribution is 6.36. The summed E-state index contributed by atoms with van der Waals surface area (Å²) < 4.78 is 0. The molecule has 0 bridgehead atoms. The second-order valence-corrected chi connectivity index (χ2v) is 6.41. The number of amides is 1. The van der Waals surface area contributed by atoms with Gasteiger partial charge in [-0.2, -0.15) is 0 Å². The molecule has 1 aliphatic carbocycles. The van der Waals surface area contributed by atoms with E-state index in [2.05, 4.69) is 0 Å². The lowest BCUT2D eigenvalue weighted by Crippen LogP contribution is -2.53. The van der Waals surface area contributed by atoms with Crippen LogP contribution in [0.1, 0.15) is 33.6 Å². The van der Waals surface area contributed by atoms with Crippen LogP contribution in [0.15, 0.2) is 21.7 Å². The molecule has 0 aromatic carbocycles. The number of primary amides is 1. The topological polar surface area (TPSA) is 60.2 Å². The zero-order valence-corrected chi connectivity index (χ0v) is 14.0. The Hall–Kier alpha value is -0.510. The van der Waals surface area contributed by atoms with Crippen molar-refractivity contribution in [2.45, 2.75) is 33.6 Å². The highest BCUT2D eigenvalue weighted by Crippen LogP contribution is 2.53. The van der Waals surface area contributed by atoms with Crippen molar-refractivity contribution in [3.05, 3.63) is 21.7 Å². The molecule has 0 heterocycles. The Morgan fingerprint density at radius 1 is 1.45 bits per heavy atom. The molecule has 3 nitrogen and oxygen atoms in total. The van der Waals surface area contributed by atoms with Crippen molar-refractivity contribution in [2.24, 2.45) is 16.6 Å². The lowest BCUT2D eigenvalue weighted by Gasteiger charge is -2.45. The van der Waals surface area contributed by atoms with Crippen LogP contribution in [0.25, 0.3) is 0 Å². The molecule has 2 unspecified atom stereocenters. The average molecular weight is 339 g/mol. The van der Waals surface area contributed by atoms with Crippen LogP contribution in [0.4, 0.5) is 0 Å². The predicted octanol–water partition coefficient (Wildman–Crippen LogP) is 3.72. The van der Waals surface area contributed by atoms with Gasteiger partial charge in [0.25, 0.3) is 0 Å². The number of nitrogens with two attached hydrogens (primary N) is 1. The largest absolute Gasteiger partial charge is 0.369 e. The van der Waals surface area contributed by atoms with Crippen LogP contribution in [-0.4, -0.2) is 17.6 Å². The van der Waals surface area contributed by atoms with Crippen LogP contribution in [0, 0.1) is 10.8 Å². The lowest BCUT2D eigenvalue weighted by molar-refractivity contribution is -0.143. The summed E-state index contributed by atoms with van der Waals surface area (Å²) in [6.45, 7) is 5.27. The summed E-state index contributed by atoms with van der Waals surface area (Å²) in [5, 5.41) is 0.792. The van der Waals surface area contributed by atoms with E-state index in [-0.39, 0.29) is 18.1 Å². The molecular weight excluding hydrogens is 321 g/mol. The third kappa shape index (κ3) is 2.51. The summed E-state index contributed by atoms with van der Waals surface area (Å²) in [4.78, 5) is 24.4. The molecule has 0 spiro atoms. The molecule has 1 aliphatic rings. The Morgan fingerprint density at radius 2 is 2.00 bits per heavy atom. The van der Waals surface area contributed by atoms with E-state index >= 15 is 0 Å². The number of carbonyl (C=O) groups is 2. The first-order valence-corrected chi connectivity index (χ1v) is 7.58. The molecule has 2 N–H and O–H groups in total. The summed E-state index contributed by atoms with van der Waals surface area (Å²) in [6.07, 6.45) is 2.14. The van der Waals surface area contributed by atoms with Crippen molar-refractivity contribution in [1.29, 1.82) is 0 Å². The van der Waals surface area contributed by atoms with E-state index < -0.39 is 16.7 Å². The molecular formula is C14H18Cl3NO2. The number of halogens is 3. The Balaban J connectivity index is 3.54. The summed E-state index contributed by atoms with van der Waals surface area (Å²) in [5.74, 6) is -1.06. The smallest absolute Gasteiger partial charge is 0.228 e. The van der Waals surface area contributed by atoms with Gasteiger partial charge in [0.15, 0.2) is 5.78 Å². The van der Waals surface area contributed by atoms with Crippen molar-refractivity contribution < 1.29 is 9.59 Å². The zero-order valence-electron chi connectivity index (χ0n) is 11.7. The number of Topliss-reactive ketones (excluding diaryl/α,β-unsaturated/α-hetero) is 1. The number of hydrogen-bond acceptors (Lipinski definition) is 2. The van der Waals surface area contributed by atoms with Crippen molar-refractivity contribution in [3.63, 3.8) is 0 Å². The van der Waals surface area contributed by atoms with E-state index in [1.165, 1.54) is 0 Å². The van der Waals surface area contributed by atoms with Gasteiger partial charge < -0.3 is 5.73 Å². The summed E-state index contributed by atoms with van der Waals surface area (Å²) >= 11 is 18.1. The Kier molecular flexibility index (Phi) is 5.34. The van der Waals surface area contributed by atoms with Gasteiger partial charge in [0.1, 0.15) is 0 Å². The maximum atomic E-state index is 12.3. The third-order valence-electron chi connectivity index (χ3n) is 4.44. The first-order chi connectivity index (χ1) is 9.16. The van der Waals surface area contributed by atoms with Gasteiger partial charge in [0.2, 0.25) is 5.91 Å². The van der Waals surface area contributed by atoms with Crippen molar-refractivity contribution in [2.75, 3.05) is 5.88 Å². The molecule has 1 amide bonds. The van der Waals surface area contributed by atoms with E-state index in [4.69, 9.17) is 40.5 Å². The monoisotopic (exact) mass is 337 g/mol. The van der Waals surface area contributed by atoms with Gasteiger partial charge in [0.05, 0.1) is 11.3 Å². The molecule has 0 saturated carbocycles. The van der Waals surface area contributed by atoms with Gasteiger partial charge in [-0.05, 0) is 25.0 Å². The van der Waals surface area contributed by atoms with E-state index in [0.717, 1.165) is 0 Å². The van der Waals surface area contributed by atoms with Crippen LogP contribution >= 0.6 is 34.8 Å². The molecule has 20 heavy (non-hydrogen) atoms. The number of ketones is 1. The van der Waals surface area contributed by atoms with Gasteiger partial charge in [-0.25, -0.2) is 0 Å². The first-order valence-electron chi connectivity index (χ1n) is 6.29. The molecule has 0 saturated heterocycles. The van der Waals surface area contributed by atoms with Gasteiger partial charge >= 0.3 is 0 Å². The fourth-order valence-corrected chi connectivity index (χ4v) is 3.53. The maximum Gasteiger partial charge on any atom is 0.228 e. The molecule has 0 aliphatic heterocycles. The number of alkyl halides is 1. The molecule has 112 valence electrons. The number of hydrogen-bond donors (Lipinski definition) is 1. The quantitative estimate of drug-likeness (QED) is 0.777. The van der Waals surface area contributed by atoms with Crippen LogP contribution in [0.3, 0.4) is 0 Å². The average Bonchev–Trinajstić information content (AvgIpc) is 2.41. The third-order valence-corrected chi connectivity index (χ3v) is 5.49. The number of carbonyl (C=O) groups excluding carboxylic acids is 2. The second-order valence-electron chi connectivity index (χ2n) is 5.28. The van der Waals surface area contributed by atoms with Gasteiger partial charge in [-0.3, -0.25) is 9.59 Å². The van der Waals surface area contributed by atoms with Crippen molar-refractivity contribution in [1.82, 2.24) is 0 Å². The summed E-state index contributed by atoms with van der Waals surface area (Å²) in [7, 11) is 0. The van der Waals surface area contributed by atoms with Crippen LogP contribution < -0.4 is 5.73 Å². The molecule has 1 rings (SSSR count). The SMILES string of the molecule is CCC(C)(C(=O)CCl)C1(C(N)=O)C=C(Cl)C(C)=C(Cl)C1. The highest BCUT2D eigenvalue weighted by atomic mass is 35.5. The molecule has 2 atom stereocenters. The summed E-state index contributed by atoms with van der Waals surface area (Å²) in [6, 6.07) is 0. The number of allylic oxidation sites excluding steroid dienone is 3. The maximum absolute atomic E-state index is 12.3. The molecule has 0 fully saturated rings. The van der Waals surface area contributed by atoms with E-state index in [0.29, 0.717) is 22.1 Å². The normalized spacial score (nSPS) is 26.0. The van der Waals surface area contributed by atoms with Crippen LogP contribution in [0.5, 0.6) is 0 Å². The fourth-order valence-electron chi connectivity index (χ4n) is 2.58. The molecule has 0 aromatic rings. The van der Waals surface area contributed by atoms with Crippen molar-refractivity contribution >= 4 is 46.5 Å². The predicted molar refractivity (Wildman–Crippen MR) is 82.9 cm³/mol. The minimum absolute atomic E-state index is 0.166. The zero-order chi connectivity index (χ0) is 15.7. The first kappa shape index (κ1) is 17.5. The van der Waals surface area contributed by atoms with Gasteiger partial charge in [-0.1, -0.05) is 37.0 Å². The second kappa shape index (κ2) is 6.08. The lowest BCUT2D eigenvalue weighted by atomic mass is 9.57. The number of rotatable bonds is 5. The molecule has 6 heteroatoms. The fraction of sp³-hybridized carbons (Fsp3) is 0.571. The van der Waals surface area contributed by atoms with E-state index in [1.54, 1.807) is 19.9 Å². The summed E-state index contributed by atoms with van der Waals surface area (Å²) in [5.41, 5.74) is 4.02. The van der Waals surface area contributed by atoms with Gasteiger partial charge in [-0.15, -0.1) is 11.6 Å². The minimum atomic E-state index is -1.25. The Morgan fingerprint density at radius 3 is 2.35 bits per heavy atom. The van der Waals surface area contributed by atoms with Gasteiger partial charge in [0, 0.05) is 21.9 Å². The van der Waals surface area contributed by atoms with E-state index in [1.807, 2.05) is 6.92 Å². The van der Waals surface area contributed by atoms with Crippen molar-refractivity contribution in [3.8, 4) is 0 Å². The Bertz CT molecular complexity index is 513. The standard InChI is InChI=1S/C14H18Cl3NO2/c1-4-13(3,11(19)7-15)14(12(18)20)5-9(16)8(2)10(17)6-14/h5H,4,6-7H2,1-3H3,(H2,18,20). The van der Waals surface area contributed by atoms with Crippen LogP contribution in [-0.2, 0) is 9.59 Å². The minimum Gasteiger partial charge on any atom is -0.369 e. The highest BCUT2D eigenvalue weighted by Gasteiger charge is 2.55. The Labute approximate surface area is 134 Å². The molecule has 0 aromatic heterocycles. The van der Waals surface area contributed by atoms with Crippen LogP contribution in [0.2, 0.25) is 0 Å².